The predicted octanol–water partition coefficient (Wildman–Crippen LogP) is 0.509. The number of hydrogen-bond acceptors (Lipinski definition) is 6. The van der Waals surface area contributed by atoms with Gasteiger partial charge in [-0.25, -0.2) is 9.97 Å². The predicted molar refractivity (Wildman–Crippen MR) is 86.2 cm³/mol. The van der Waals surface area contributed by atoms with Gasteiger partial charge in [-0.15, -0.1) is 0 Å². The molecule has 1 atom stereocenters. The fourth-order valence-corrected chi connectivity index (χ4v) is 2.58. The zero-order valence-corrected chi connectivity index (χ0v) is 13.8. The first kappa shape index (κ1) is 17.1. The highest BCUT2D eigenvalue weighted by atomic mass is 16.5. The lowest BCUT2D eigenvalue weighted by Crippen LogP contribution is -2.43. The van der Waals surface area contributed by atoms with Gasteiger partial charge in [-0.05, 0) is 19.3 Å². The van der Waals surface area contributed by atoms with Crippen LogP contribution in [-0.4, -0.2) is 67.1 Å². The molecule has 0 aliphatic carbocycles. The minimum absolute atomic E-state index is 0.000453. The fraction of sp³-hybridized carbons (Fsp3) is 0.600. The number of methoxy groups -OCH3 is 1. The number of hydrogen-bond donors (Lipinski definition) is 1. The van der Waals surface area contributed by atoms with Crippen molar-refractivity contribution < 1.29 is 14.3 Å². The Kier molecular flexibility index (Phi) is 5.86. The van der Waals surface area contributed by atoms with Crippen molar-refractivity contribution in [3.63, 3.8) is 0 Å². The number of nitrogens with one attached hydrogen (secondary N) is 1. The molecule has 1 N–H and O–H groups in total. The van der Waals surface area contributed by atoms with Gasteiger partial charge >= 0.3 is 0 Å². The van der Waals surface area contributed by atoms with E-state index in [0.29, 0.717) is 24.5 Å². The van der Waals surface area contributed by atoms with Crippen molar-refractivity contribution in [1.82, 2.24) is 14.9 Å². The summed E-state index contributed by atoms with van der Waals surface area (Å²) in [5.41, 5.74) is 0.521. The summed E-state index contributed by atoms with van der Waals surface area (Å²) in [7, 11) is 5.19. The maximum atomic E-state index is 12.3. The number of ether oxygens (including phenoxy) is 1. The molecule has 1 aliphatic heterocycles. The van der Waals surface area contributed by atoms with E-state index in [1.165, 1.54) is 13.4 Å². The third-order valence-corrected chi connectivity index (χ3v) is 3.74. The number of carbonyl (C=O) groups excluding carboxylic acids is 2. The summed E-state index contributed by atoms with van der Waals surface area (Å²) in [5, 5.41) is 2.77. The van der Waals surface area contributed by atoms with Crippen LogP contribution < -0.4 is 10.2 Å². The van der Waals surface area contributed by atoms with Crippen molar-refractivity contribution in [2.75, 3.05) is 44.5 Å². The van der Waals surface area contributed by atoms with Crippen molar-refractivity contribution in [1.29, 1.82) is 0 Å². The molecule has 126 valence electrons. The van der Waals surface area contributed by atoms with Crippen molar-refractivity contribution in [3.05, 3.63) is 12.5 Å². The highest BCUT2D eigenvalue weighted by Crippen LogP contribution is 2.19. The van der Waals surface area contributed by atoms with E-state index in [0.717, 1.165) is 12.8 Å². The van der Waals surface area contributed by atoms with Gasteiger partial charge in [-0.3, -0.25) is 9.59 Å². The first-order valence-corrected chi connectivity index (χ1v) is 7.61. The molecule has 0 radical (unpaired) electrons. The molecule has 0 spiro atoms. The Morgan fingerprint density at radius 2 is 2.26 bits per heavy atom. The van der Waals surface area contributed by atoms with Crippen LogP contribution in [-0.2, 0) is 14.3 Å². The Bertz CT molecular complexity index is 564. The molecule has 8 heteroatoms. The molecule has 1 saturated heterocycles. The van der Waals surface area contributed by atoms with Gasteiger partial charge in [0.25, 0.3) is 5.91 Å². The molecule has 1 fully saturated rings. The first-order chi connectivity index (χ1) is 11.0. The Balaban J connectivity index is 2.03. The van der Waals surface area contributed by atoms with Gasteiger partial charge in [0.05, 0.1) is 12.7 Å². The average Bonchev–Trinajstić information content (AvgIpc) is 2.69. The summed E-state index contributed by atoms with van der Waals surface area (Å²) in [6, 6.07) is 0. The number of aromatic nitrogens is 2. The molecule has 23 heavy (non-hydrogen) atoms. The Morgan fingerprint density at radius 1 is 1.48 bits per heavy atom. The Hall–Kier alpha value is -2.22. The van der Waals surface area contributed by atoms with E-state index >= 15 is 0 Å². The summed E-state index contributed by atoms with van der Waals surface area (Å²) in [5.74, 6) is 0.218. The highest BCUT2D eigenvalue weighted by molar-refractivity contribution is 5.97. The highest BCUT2D eigenvalue weighted by Gasteiger charge is 2.28. The third kappa shape index (κ3) is 4.38. The van der Waals surface area contributed by atoms with E-state index in [-0.39, 0.29) is 18.4 Å². The second-order valence-corrected chi connectivity index (χ2v) is 5.68. The van der Waals surface area contributed by atoms with Crippen LogP contribution in [0.2, 0.25) is 0 Å². The van der Waals surface area contributed by atoms with Gasteiger partial charge < -0.3 is 19.9 Å². The molecule has 0 saturated carbocycles. The summed E-state index contributed by atoms with van der Waals surface area (Å²) >= 11 is 0. The number of carbonyl (C=O) groups is 2. The maximum Gasteiger partial charge on any atom is 0.252 e. The lowest BCUT2D eigenvalue weighted by atomic mass is 10.2. The van der Waals surface area contributed by atoms with E-state index in [4.69, 9.17) is 4.74 Å². The van der Waals surface area contributed by atoms with Crippen LogP contribution in [0.5, 0.6) is 0 Å². The lowest BCUT2D eigenvalue weighted by molar-refractivity contribution is -0.143. The van der Waals surface area contributed by atoms with Crippen molar-refractivity contribution >= 4 is 23.3 Å². The first-order valence-electron chi connectivity index (χ1n) is 7.61. The average molecular weight is 321 g/mol. The number of anilines is 2. The van der Waals surface area contributed by atoms with E-state index in [1.54, 1.807) is 16.0 Å². The molecular weight excluding hydrogens is 298 g/mol. The molecule has 2 rings (SSSR count). The summed E-state index contributed by atoms with van der Waals surface area (Å²) in [6.07, 6.45) is 5.00. The number of likely N-dealkylation sites (tertiary alicyclic amines) is 1. The number of rotatable bonds is 5. The van der Waals surface area contributed by atoms with Crippen LogP contribution >= 0.6 is 0 Å². The van der Waals surface area contributed by atoms with Gasteiger partial charge in [-0.1, -0.05) is 0 Å². The molecule has 0 aromatic carbocycles. The summed E-state index contributed by atoms with van der Waals surface area (Å²) in [6.45, 7) is 0.568. The Morgan fingerprint density at radius 3 is 2.96 bits per heavy atom. The van der Waals surface area contributed by atoms with Crippen molar-refractivity contribution in [2.24, 2.45) is 0 Å². The normalized spacial score (nSPS) is 18.5. The quantitative estimate of drug-likeness (QED) is 0.850. The minimum Gasteiger partial charge on any atom is -0.372 e. The second-order valence-electron chi connectivity index (χ2n) is 5.68. The largest absolute Gasteiger partial charge is 0.372 e. The van der Waals surface area contributed by atoms with Gasteiger partial charge in [0.15, 0.2) is 5.82 Å². The summed E-state index contributed by atoms with van der Waals surface area (Å²) in [4.78, 5) is 36.0. The lowest BCUT2D eigenvalue weighted by Gasteiger charge is -2.23. The molecule has 1 aromatic rings. The van der Waals surface area contributed by atoms with Crippen molar-refractivity contribution in [2.45, 2.75) is 25.4 Å². The molecule has 8 nitrogen and oxygen atoms in total. The molecule has 0 bridgehead atoms. The van der Waals surface area contributed by atoms with Crippen LogP contribution in [0.3, 0.4) is 0 Å². The van der Waals surface area contributed by atoms with Gasteiger partial charge in [0.1, 0.15) is 18.1 Å². The van der Waals surface area contributed by atoms with Crippen molar-refractivity contribution in [3.8, 4) is 0 Å². The molecule has 1 aliphatic rings. The number of amides is 2. The van der Waals surface area contributed by atoms with Gasteiger partial charge in [0.2, 0.25) is 5.91 Å². The molecule has 2 amide bonds. The SMILES string of the molecule is COC1CCCCN(CC(=O)Nc2cncnc2N(C)C)C1=O. The number of nitrogens with zero attached hydrogens (tertiary/aromatic N) is 4. The fourth-order valence-electron chi connectivity index (χ4n) is 2.58. The smallest absolute Gasteiger partial charge is 0.252 e. The van der Waals surface area contributed by atoms with Gasteiger partial charge in [0, 0.05) is 27.7 Å². The monoisotopic (exact) mass is 321 g/mol. The minimum atomic E-state index is -0.456. The van der Waals surface area contributed by atoms with Crippen LogP contribution in [0.1, 0.15) is 19.3 Å². The molecule has 2 heterocycles. The van der Waals surface area contributed by atoms with Gasteiger partial charge in [-0.2, -0.15) is 0 Å². The zero-order chi connectivity index (χ0) is 16.8. The van der Waals surface area contributed by atoms with Crippen LogP contribution in [0.15, 0.2) is 12.5 Å². The molecular formula is C15H23N5O3. The second kappa shape index (κ2) is 7.87. The van der Waals surface area contributed by atoms with Crippen LogP contribution in [0.25, 0.3) is 0 Å². The third-order valence-electron chi connectivity index (χ3n) is 3.74. The topological polar surface area (TPSA) is 87.7 Å². The molecule has 1 aromatic heterocycles. The van der Waals surface area contributed by atoms with Crippen LogP contribution in [0.4, 0.5) is 11.5 Å². The maximum absolute atomic E-state index is 12.3. The molecule has 1 unspecified atom stereocenters. The van der Waals surface area contributed by atoms with E-state index in [2.05, 4.69) is 15.3 Å². The standard InChI is InChI=1S/C15H23N5O3/c1-19(2)14-11(8-16-10-17-14)18-13(21)9-20-7-5-4-6-12(23-3)15(20)22/h8,10,12H,4-7,9H2,1-3H3,(H,18,21). The van der Waals surface area contributed by atoms with E-state index < -0.39 is 6.10 Å². The van der Waals surface area contributed by atoms with E-state index in [1.807, 2.05) is 14.1 Å². The Labute approximate surface area is 135 Å². The van der Waals surface area contributed by atoms with Crippen LogP contribution in [0, 0.1) is 0 Å². The zero-order valence-electron chi connectivity index (χ0n) is 13.8. The summed E-state index contributed by atoms with van der Waals surface area (Å²) < 4.78 is 5.21. The van der Waals surface area contributed by atoms with E-state index in [9.17, 15) is 9.59 Å².